The monoisotopic (exact) mass is 218 g/mol. The van der Waals surface area contributed by atoms with Crippen molar-refractivity contribution < 1.29 is 4.79 Å². The fraction of sp³-hybridized carbons (Fsp3) is 0.462. The molecule has 1 aliphatic heterocycles. The molecule has 0 aromatic heterocycles. The van der Waals surface area contributed by atoms with Crippen LogP contribution in [-0.4, -0.2) is 48.9 Å². The number of benzene rings is 1. The largest absolute Gasteiger partial charge is 0.336 e. The van der Waals surface area contributed by atoms with Gasteiger partial charge in [-0.25, -0.2) is 0 Å². The fourth-order valence-corrected chi connectivity index (χ4v) is 1.89. The second kappa shape index (κ2) is 4.66. The zero-order chi connectivity index (χ0) is 11.5. The van der Waals surface area contributed by atoms with E-state index in [4.69, 9.17) is 0 Å². The molecule has 1 fully saturated rings. The van der Waals surface area contributed by atoms with E-state index < -0.39 is 0 Å². The van der Waals surface area contributed by atoms with E-state index in [2.05, 4.69) is 11.9 Å². The predicted molar refractivity (Wildman–Crippen MR) is 64.6 cm³/mol. The molecule has 86 valence electrons. The third kappa shape index (κ3) is 2.42. The van der Waals surface area contributed by atoms with Gasteiger partial charge in [0.25, 0.3) is 5.91 Å². The lowest BCUT2D eigenvalue weighted by molar-refractivity contribution is 0.0664. The molecule has 1 amide bonds. The summed E-state index contributed by atoms with van der Waals surface area (Å²) in [5, 5.41) is 0. The van der Waals surface area contributed by atoms with Gasteiger partial charge in [-0.3, -0.25) is 4.79 Å². The van der Waals surface area contributed by atoms with Crippen LogP contribution in [0.3, 0.4) is 0 Å². The van der Waals surface area contributed by atoms with Gasteiger partial charge in [0.15, 0.2) is 0 Å². The smallest absolute Gasteiger partial charge is 0.253 e. The van der Waals surface area contributed by atoms with Gasteiger partial charge >= 0.3 is 0 Å². The summed E-state index contributed by atoms with van der Waals surface area (Å²) in [4.78, 5) is 16.3. The molecule has 1 aliphatic rings. The third-order valence-corrected chi connectivity index (χ3v) is 3.09. The quantitative estimate of drug-likeness (QED) is 0.711. The topological polar surface area (TPSA) is 23.6 Å². The highest BCUT2D eigenvalue weighted by Gasteiger charge is 2.19. The molecule has 1 saturated heterocycles. The Hall–Kier alpha value is -1.35. The first-order valence-corrected chi connectivity index (χ1v) is 5.71. The zero-order valence-corrected chi connectivity index (χ0v) is 9.94. The van der Waals surface area contributed by atoms with Gasteiger partial charge in [-0.15, -0.1) is 0 Å². The van der Waals surface area contributed by atoms with Crippen LogP contribution in [0, 0.1) is 6.92 Å². The van der Waals surface area contributed by atoms with Gasteiger partial charge in [0.1, 0.15) is 0 Å². The Morgan fingerprint density at radius 2 is 1.62 bits per heavy atom. The summed E-state index contributed by atoms with van der Waals surface area (Å²) in [6.07, 6.45) is 0. The van der Waals surface area contributed by atoms with E-state index in [1.165, 1.54) is 5.56 Å². The van der Waals surface area contributed by atoms with Crippen LogP contribution in [0.25, 0.3) is 0 Å². The fourth-order valence-electron chi connectivity index (χ4n) is 1.89. The second-order valence-corrected chi connectivity index (χ2v) is 4.46. The molecule has 1 aromatic carbocycles. The summed E-state index contributed by atoms with van der Waals surface area (Å²) in [7, 11) is 2.09. The van der Waals surface area contributed by atoms with Crippen molar-refractivity contribution in [3.8, 4) is 0 Å². The predicted octanol–water partition coefficient (Wildman–Crippen LogP) is 1.38. The standard InChI is InChI=1S/C13H18N2O/c1-11-3-5-12(6-4-11)13(16)15-9-7-14(2)8-10-15/h3-6H,7-10H2,1-2H3. The van der Waals surface area contributed by atoms with Crippen molar-refractivity contribution in [2.45, 2.75) is 6.92 Å². The Morgan fingerprint density at radius 3 is 2.19 bits per heavy atom. The first kappa shape index (κ1) is 11.1. The molecule has 0 atom stereocenters. The first-order chi connectivity index (χ1) is 7.66. The number of piperazine rings is 1. The van der Waals surface area contributed by atoms with E-state index in [0.717, 1.165) is 31.7 Å². The number of rotatable bonds is 1. The van der Waals surface area contributed by atoms with Crippen molar-refractivity contribution in [1.29, 1.82) is 0 Å². The normalized spacial score (nSPS) is 17.5. The van der Waals surface area contributed by atoms with Crippen molar-refractivity contribution in [2.75, 3.05) is 33.2 Å². The minimum absolute atomic E-state index is 0.160. The van der Waals surface area contributed by atoms with Crippen LogP contribution in [0.4, 0.5) is 0 Å². The maximum Gasteiger partial charge on any atom is 0.253 e. The number of amides is 1. The van der Waals surface area contributed by atoms with E-state index in [1.807, 2.05) is 36.1 Å². The maximum absolute atomic E-state index is 12.1. The van der Waals surface area contributed by atoms with Crippen molar-refractivity contribution in [2.24, 2.45) is 0 Å². The molecule has 3 heteroatoms. The van der Waals surface area contributed by atoms with Gasteiger partial charge in [0.05, 0.1) is 0 Å². The number of nitrogens with zero attached hydrogens (tertiary/aromatic N) is 2. The van der Waals surface area contributed by atoms with Crippen LogP contribution in [-0.2, 0) is 0 Å². The lowest BCUT2D eigenvalue weighted by atomic mass is 10.1. The summed E-state index contributed by atoms with van der Waals surface area (Å²) < 4.78 is 0. The Morgan fingerprint density at radius 1 is 1.06 bits per heavy atom. The van der Waals surface area contributed by atoms with Crippen molar-refractivity contribution in [3.05, 3.63) is 35.4 Å². The van der Waals surface area contributed by atoms with E-state index in [1.54, 1.807) is 0 Å². The molecule has 0 radical (unpaired) electrons. The summed E-state index contributed by atoms with van der Waals surface area (Å²) in [6, 6.07) is 7.80. The average molecular weight is 218 g/mol. The molecule has 0 saturated carbocycles. The minimum Gasteiger partial charge on any atom is -0.336 e. The highest BCUT2D eigenvalue weighted by atomic mass is 16.2. The van der Waals surface area contributed by atoms with Crippen LogP contribution < -0.4 is 0 Å². The van der Waals surface area contributed by atoms with Gasteiger partial charge < -0.3 is 9.80 Å². The average Bonchev–Trinajstić information content (AvgIpc) is 2.30. The Balaban J connectivity index is 2.05. The number of carbonyl (C=O) groups is 1. The Bertz CT molecular complexity index is 364. The summed E-state index contributed by atoms with van der Waals surface area (Å²) in [5.41, 5.74) is 1.99. The number of carbonyl (C=O) groups excluding carboxylic acids is 1. The highest BCUT2D eigenvalue weighted by Crippen LogP contribution is 2.09. The van der Waals surface area contributed by atoms with Gasteiger partial charge in [-0.05, 0) is 26.1 Å². The van der Waals surface area contributed by atoms with E-state index in [-0.39, 0.29) is 5.91 Å². The molecule has 16 heavy (non-hydrogen) atoms. The maximum atomic E-state index is 12.1. The molecule has 3 nitrogen and oxygen atoms in total. The van der Waals surface area contributed by atoms with Gasteiger partial charge in [0.2, 0.25) is 0 Å². The molecule has 1 aromatic rings. The zero-order valence-electron chi connectivity index (χ0n) is 9.94. The summed E-state index contributed by atoms with van der Waals surface area (Å²) in [5.74, 6) is 0.160. The lowest BCUT2D eigenvalue weighted by Crippen LogP contribution is -2.47. The van der Waals surface area contributed by atoms with Crippen LogP contribution in [0.15, 0.2) is 24.3 Å². The molecule has 0 unspecified atom stereocenters. The number of aryl methyl sites for hydroxylation is 1. The van der Waals surface area contributed by atoms with Crippen molar-refractivity contribution in [1.82, 2.24) is 9.80 Å². The first-order valence-electron chi connectivity index (χ1n) is 5.71. The van der Waals surface area contributed by atoms with Crippen LogP contribution in [0.2, 0.25) is 0 Å². The molecule has 0 aliphatic carbocycles. The van der Waals surface area contributed by atoms with Crippen molar-refractivity contribution in [3.63, 3.8) is 0 Å². The minimum atomic E-state index is 0.160. The van der Waals surface area contributed by atoms with E-state index in [0.29, 0.717) is 0 Å². The summed E-state index contributed by atoms with van der Waals surface area (Å²) >= 11 is 0. The van der Waals surface area contributed by atoms with Crippen LogP contribution in [0.5, 0.6) is 0 Å². The van der Waals surface area contributed by atoms with E-state index in [9.17, 15) is 4.79 Å². The molecule has 0 bridgehead atoms. The lowest BCUT2D eigenvalue weighted by Gasteiger charge is -2.32. The Labute approximate surface area is 96.7 Å². The van der Waals surface area contributed by atoms with Gasteiger partial charge in [-0.1, -0.05) is 17.7 Å². The second-order valence-electron chi connectivity index (χ2n) is 4.46. The van der Waals surface area contributed by atoms with Crippen molar-refractivity contribution >= 4 is 5.91 Å². The summed E-state index contributed by atoms with van der Waals surface area (Å²) in [6.45, 7) is 5.64. The Kier molecular flexibility index (Phi) is 3.25. The molecule has 1 heterocycles. The third-order valence-electron chi connectivity index (χ3n) is 3.09. The molecular formula is C13H18N2O. The van der Waals surface area contributed by atoms with Crippen LogP contribution >= 0.6 is 0 Å². The van der Waals surface area contributed by atoms with E-state index >= 15 is 0 Å². The SMILES string of the molecule is Cc1ccc(C(=O)N2CCN(C)CC2)cc1. The molecule has 0 N–H and O–H groups in total. The molecular weight excluding hydrogens is 200 g/mol. The molecule has 0 spiro atoms. The van der Waals surface area contributed by atoms with Gasteiger partial charge in [-0.2, -0.15) is 0 Å². The number of likely N-dealkylation sites (N-methyl/N-ethyl adjacent to an activating group) is 1. The molecule has 2 rings (SSSR count). The van der Waals surface area contributed by atoms with Crippen LogP contribution in [0.1, 0.15) is 15.9 Å². The number of hydrogen-bond acceptors (Lipinski definition) is 2. The van der Waals surface area contributed by atoms with Gasteiger partial charge in [0, 0.05) is 31.7 Å². The highest BCUT2D eigenvalue weighted by molar-refractivity contribution is 5.94. The number of hydrogen-bond donors (Lipinski definition) is 0.